The van der Waals surface area contributed by atoms with Gasteiger partial charge in [-0.3, -0.25) is 28.8 Å². The van der Waals surface area contributed by atoms with Gasteiger partial charge in [-0.15, -0.1) is 11.3 Å². The molecule has 2 aromatic heterocycles. The summed E-state index contributed by atoms with van der Waals surface area (Å²) < 4.78 is 5.40. The van der Waals surface area contributed by atoms with Crippen LogP contribution in [0.25, 0.3) is 21.8 Å². The van der Waals surface area contributed by atoms with Crippen LogP contribution in [0.4, 0.5) is 0 Å². The highest BCUT2D eigenvalue weighted by atomic mass is 32.1. The molecule has 3 aromatic carbocycles. The first-order valence-electron chi connectivity index (χ1n) is 22.7. The monoisotopic (exact) mass is 946 g/mol. The highest BCUT2D eigenvalue weighted by molar-refractivity contribution is 7.13. The average molecular weight is 947 g/mol. The van der Waals surface area contributed by atoms with E-state index in [-0.39, 0.29) is 78.4 Å². The topological polar surface area (TPSA) is 236 Å². The van der Waals surface area contributed by atoms with Gasteiger partial charge in [0.05, 0.1) is 33.8 Å². The first-order valence-corrected chi connectivity index (χ1v) is 23.5. The number of fused-ring (bicyclic) bond motifs is 1. The summed E-state index contributed by atoms with van der Waals surface area (Å²) in [7, 11) is 3.16. The number of nitrogens with zero attached hydrogens (tertiary/aromatic N) is 4. The van der Waals surface area contributed by atoms with Crippen LogP contribution in [0.5, 0.6) is 5.75 Å². The molecule has 2 aliphatic rings. The molecule has 68 heavy (non-hydrogen) atoms. The number of phenolic OH excluding ortho intramolecular Hbond substituents is 1. The van der Waals surface area contributed by atoms with Crippen LogP contribution < -0.4 is 21.3 Å². The van der Waals surface area contributed by atoms with Crippen molar-refractivity contribution in [3.63, 3.8) is 0 Å². The number of benzene rings is 3. The fraction of sp³-hybridized carbons (Fsp3) is 0.400. The molecule has 6 N–H and O–H groups in total. The van der Waals surface area contributed by atoms with E-state index in [0.717, 1.165) is 32.8 Å². The van der Waals surface area contributed by atoms with E-state index < -0.39 is 35.4 Å². The Balaban J connectivity index is 0.864. The van der Waals surface area contributed by atoms with Gasteiger partial charge in [0.2, 0.25) is 17.7 Å². The van der Waals surface area contributed by atoms with E-state index in [0.29, 0.717) is 43.4 Å². The minimum atomic E-state index is -0.958. The van der Waals surface area contributed by atoms with Crippen LogP contribution in [0, 0.1) is 12.3 Å². The lowest BCUT2D eigenvalue weighted by molar-refractivity contribution is -0.144. The molecule has 17 nitrogen and oxygen atoms in total. The molecule has 18 heteroatoms. The number of phenols is 1. The minimum Gasteiger partial charge on any atom is -0.507 e. The van der Waals surface area contributed by atoms with Gasteiger partial charge < -0.3 is 45.8 Å². The van der Waals surface area contributed by atoms with Crippen molar-refractivity contribution in [3.05, 3.63) is 111 Å². The van der Waals surface area contributed by atoms with E-state index in [2.05, 4.69) is 31.4 Å². The number of aryl methyl sites for hydroxylation is 2. The highest BCUT2D eigenvalue weighted by Gasteiger charge is 2.44. The number of β-amino-alcohol motifs (C(OH)–C–C–N with tert-alkyl or cyclic N) is 1. The van der Waals surface area contributed by atoms with Crippen LogP contribution in [0.3, 0.4) is 0 Å². The molecule has 1 aliphatic heterocycles. The molecule has 5 aromatic rings. The zero-order valence-corrected chi connectivity index (χ0v) is 39.9. The molecule has 0 unspecified atom stereocenters. The van der Waals surface area contributed by atoms with Crippen molar-refractivity contribution < 1.29 is 43.5 Å². The number of rotatable bonds is 16. The van der Waals surface area contributed by atoms with Crippen LogP contribution in [-0.4, -0.2) is 111 Å². The van der Waals surface area contributed by atoms with Gasteiger partial charge in [-0.1, -0.05) is 62.3 Å². The molecule has 0 spiro atoms. The van der Waals surface area contributed by atoms with Gasteiger partial charge >= 0.3 is 0 Å². The average Bonchev–Trinajstić information content (AvgIpc) is 4.14. The third-order valence-electron chi connectivity index (χ3n) is 12.3. The Hall–Kier alpha value is -6.92. The number of aromatic hydroxyl groups is 1. The Morgan fingerprint density at radius 3 is 2.38 bits per heavy atom. The van der Waals surface area contributed by atoms with Crippen LogP contribution in [-0.2, 0) is 27.3 Å². The van der Waals surface area contributed by atoms with Crippen molar-refractivity contribution in [2.24, 2.45) is 5.41 Å². The third-order valence-corrected chi connectivity index (χ3v) is 13.3. The van der Waals surface area contributed by atoms with E-state index >= 15 is 0 Å². The smallest absolute Gasteiger partial charge is 0.273 e. The second-order valence-electron chi connectivity index (χ2n) is 18.6. The van der Waals surface area contributed by atoms with E-state index in [4.69, 9.17) is 4.52 Å². The Labute approximate surface area is 398 Å². The number of aliphatic hydroxyl groups is 1. The van der Waals surface area contributed by atoms with Gasteiger partial charge in [0.25, 0.3) is 17.7 Å². The molecule has 7 rings (SSSR count). The molecule has 1 fully saturated rings. The number of nitrogens with one attached hydrogen (secondary N) is 4. The third kappa shape index (κ3) is 11.4. The molecular weight excluding hydrogens is 889 g/mol. The molecule has 0 radical (unpaired) electrons. The molecule has 0 bridgehead atoms. The predicted molar refractivity (Wildman–Crippen MR) is 254 cm³/mol. The van der Waals surface area contributed by atoms with E-state index in [1.54, 1.807) is 49.1 Å². The zero-order chi connectivity index (χ0) is 48.9. The number of unbranched alkanes of at least 4 members (excludes halogenated alkanes) is 1. The summed E-state index contributed by atoms with van der Waals surface area (Å²) in [5, 5.41) is 36.7. The number of hydrogen-bond acceptors (Lipinski definition) is 12. The van der Waals surface area contributed by atoms with Gasteiger partial charge in [-0.05, 0) is 84.5 Å². The summed E-state index contributed by atoms with van der Waals surface area (Å²) in [4.78, 5) is 87.7. The molecule has 1 aliphatic carbocycles. The lowest BCUT2D eigenvalue weighted by Crippen LogP contribution is -2.57. The summed E-state index contributed by atoms with van der Waals surface area (Å²) in [6.45, 7) is 7.96. The maximum Gasteiger partial charge on any atom is 0.273 e. The summed E-state index contributed by atoms with van der Waals surface area (Å²) >= 11 is 1.56. The summed E-state index contributed by atoms with van der Waals surface area (Å²) in [5.74, 6) is -2.31. The van der Waals surface area contributed by atoms with Gasteiger partial charge in [0, 0.05) is 63.8 Å². The van der Waals surface area contributed by atoms with Crippen molar-refractivity contribution in [3.8, 4) is 27.5 Å². The molecule has 3 heterocycles. The fourth-order valence-corrected chi connectivity index (χ4v) is 9.29. The minimum absolute atomic E-state index is 0.0292. The molecule has 358 valence electrons. The van der Waals surface area contributed by atoms with Gasteiger partial charge in [0.1, 0.15) is 17.8 Å². The van der Waals surface area contributed by atoms with E-state index in [9.17, 15) is 39.0 Å². The lowest BCUT2D eigenvalue weighted by atomic mass is 9.85. The fourth-order valence-electron chi connectivity index (χ4n) is 8.48. The molecular formula is C50H58N8O9S. The standard InChI is InChI=1S/C50H58N8O9S/c1-28-43(68-27-53-28)31-12-10-29(11-13-31)25-52-47(64)39-23-34(59)26-58(39)49(66)44(50(2,3)4)55-42(61)9-7-8-20-51-45(62)33-15-14-30-17-19-37(36(30)21-33)54-46(63)38-24-41(67-56-38)32-16-18-35(40(60)22-32)48(65)57(5)6/h10-16,18,21-22,24,27,34,37,39,44,59-60H,7-9,17,19-20,23,25-26H2,1-6H3,(H,51,62)(H,52,64)(H,54,63)(H,55,61)/t34-,37-,39+,44-/m1/s1. The Bertz CT molecular complexity index is 2690. The van der Waals surface area contributed by atoms with Crippen molar-refractivity contribution in [1.29, 1.82) is 0 Å². The molecule has 4 atom stereocenters. The highest BCUT2D eigenvalue weighted by Crippen LogP contribution is 2.34. The van der Waals surface area contributed by atoms with Gasteiger partial charge in [-0.2, -0.15) is 0 Å². The quantitative estimate of drug-likeness (QED) is 0.0694. The maximum absolute atomic E-state index is 14.1. The number of likely N-dealkylation sites (tertiary alicyclic amines) is 1. The van der Waals surface area contributed by atoms with Crippen molar-refractivity contribution in [2.75, 3.05) is 27.2 Å². The number of amides is 6. The normalized spacial score (nSPS) is 17.0. The van der Waals surface area contributed by atoms with E-state index in [1.165, 1.54) is 28.0 Å². The Morgan fingerprint density at radius 1 is 0.941 bits per heavy atom. The van der Waals surface area contributed by atoms with Crippen molar-refractivity contribution >= 4 is 46.8 Å². The Kier molecular flexibility index (Phi) is 15.1. The van der Waals surface area contributed by atoms with Crippen LogP contribution >= 0.6 is 11.3 Å². The number of aromatic nitrogens is 2. The number of hydrogen-bond donors (Lipinski definition) is 6. The number of thiazole rings is 1. The lowest BCUT2D eigenvalue weighted by Gasteiger charge is -2.35. The second kappa shape index (κ2) is 20.9. The SMILES string of the molecule is Cc1ncsc1-c1ccc(CNC(=O)[C@@H]2C[C@@H](O)CN2C(=O)[C@@H](NC(=O)CCCCNC(=O)c2ccc3c(c2)[C@H](NC(=O)c2cc(-c4ccc(C(=O)N(C)C)c(O)c4)on2)CC3)C(C)(C)C)cc1. The molecule has 1 saturated heterocycles. The van der Waals surface area contributed by atoms with Gasteiger partial charge in [-0.25, -0.2) is 4.98 Å². The Morgan fingerprint density at radius 2 is 1.69 bits per heavy atom. The summed E-state index contributed by atoms with van der Waals surface area (Å²) in [6, 6.07) is 16.9. The summed E-state index contributed by atoms with van der Waals surface area (Å²) in [5.41, 5.74) is 6.81. The first kappa shape index (κ1) is 49.0. The first-order chi connectivity index (χ1) is 32.4. The number of carbonyl (C=O) groups excluding carboxylic acids is 6. The van der Waals surface area contributed by atoms with Crippen molar-refractivity contribution in [2.45, 2.75) is 97.0 Å². The van der Waals surface area contributed by atoms with Gasteiger partial charge in [0.15, 0.2) is 11.5 Å². The zero-order valence-electron chi connectivity index (χ0n) is 39.1. The van der Waals surface area contributed by atoms with Crippen LogP contribution in [0.1, 0.15) is 113 Å². The largest absolute Gasteiger partial charge is 0.507 e. The summed E-state index contributed by atoms with van der Waals surface area (Å²) in [6.07, 6.45) is 1.54. The number of aliphatic hydroxyl groups excluding tert-OH is 1. The maximum atomic E-state index is 14.1. The predicted octanol–water partition coefficient (Wildman–Crippen LogP) is 5.31. The van der Waals surface area contributed by atoms with E-state index in [1.807, 2.05) is 58.0 Å². The molecule has 0 saturated carbocycles. The number of carbonyl (C=O) groups is 6. The molecule has 6 amide bonds. The second-order valence-corrected chi connectivity index (χ2v) is 19.5. The van der Waals surface area contributed by atoms with Crippen molar-refractivity contribution in [1.82, 2.24) is 41.2 Å². The van der Waals surface area contributed by atoms with Crippen LogP contribution in [0.15, 0.2) is 76.8 Å². The van der Waals surface area contributed by atoms with Crippen LogP contribution in [0.2, 0.25) is 0 Å².